The van der Waals surface area contributed by atoms with Gasteiger partial charge in [-0.05, 0) is 41.0 Å². The predicted octanol–water partition coefficient (Wildman–Crippen LogP) is 2.13. The van der Waals surface area contributed by atoms with Gasteiger partial charge in [-0.25, -0.2) is 4.79 Å². The molecule has 0 aromatic heterocycles. The number of carbonyl (C=O) groups is 1. The average molecular weight is 259 g/mol. The maximum atomic E-state index is 12.2. The summed E-state index contributed by atoms with van der Waals surface area (Å²) in [5, 5.41) is 9.98. The summed E-state index contributed by atoms with van der Waals surface area (Å²) in [6.07, 6.45) is -0.467. The van der Waals surface area contributed by atoms with E-state index in [4.69, 9.17) is 9.47 Å². The molecule has 0 unspecified atom stereocenters. The summed E-state index contributed by atoms with van der Waals surface area (Å²) in [5.74, 6) is 0. The summed E-state index contributed by atoms with van der Waals surface area (Å²) in [4.78, 5) is 13.7. The molecule has 18 heavy (non-hydrogen) atoms. The van der Waals surface area contributed by atoms with Crippen LogP contribution in [0, 0.1) is 0 Å². The first-order valence-corrected chi connectivity index (χ1v) is 6.43. The normalized spacial score (nSPS) is 25.1. The largest absolute Gasteiger partial charge is 0.444 e. The third-order valence-corrected chi connectivity index (χ3v) is 2.97. The van der Waals surface area contributed by atoms with E-state index in [9.17, 15) is 9.90 Å². The highest BCUT2D eigenvalue weighted by Crippen LogP contribution is 2.31. The number of carbonyl (C=O) groups excluding carboxylic acids is 1. The fourth-order valence-corrected chi connectivity index (χ4v) is 2.05. The van der Waals surface area contributed by atoms with Crippen LogP contribution in [-0.2, 0) is 9.47 Å². The molecule has 106 valence electrons. The second-order valence-electron chi connectivity index (χ2n) is 6.15. The minimum atomic E-state index is -0.747. The van der Waals surface area contributed by atoms with Crippen molar-refractivity contribution < 1.29 is 19.4 Å². The number of nitrogens with zero attached hydrogens (tertiary/aromatic N) is 1. The number of amides is 1. The lowest BCUT2D eigenvalue weighted by atomic mass is 10.1. The first kappa shape index (κ1) is 15.2. The number of ether oxygens (including phenoxy) is 2. The summed E-state index contributed by atoms with van der Waals surface area (Å²) in [6.45, 7) is 11.3. The monoisotopic (exact) mass is 259 g/mol. The van der Waals surface area contributed by atoms with E-state index in [-0.39, 0.29) is 6.04 Å². The zero-order valence-electron chi connectivity index (χ0n) is 12.2. The number of rotatable bonds is 2. The Bertz CT molecular complexity index is 309. The van der Waals surface area contributed by atoms with E-state index in [1.807, 2.05) is 27.7 Å². The molecule has 5 nitrogen and oxygen atoms in total. The predicted molar refractivity (Wildman–Crippen MR) is 68.2 cm³/mol. The molecule has 1 aliphatic rings. The fraction of sp³-hybridized carbons (Fsp3) is 0.923. The minimum absolute atomic E-state index is 0.335. The van der Waals surface area contributed by atoms with Crippen LogP contribution in [0.2, 0.25) is 0 Å². The van der Waals surface area contributed by atoms with Gasteiger partial charge in [-0.3, -0.25) is 4.90 Å². The maximum Gasteiger partial charge on any atom is 0.412 e. The zero-order chi connectivity index (χ0) is 14.1. The molecule has 1 heterocycles. The van der Waals surface area contributed by atoms with Crippen molar-refractivity contribution in [3.05, 3.63) is 0 Å². The van der Waals surface area contributed by atoms with Gasteiger partial charge in [0.1, 0.15) is 11.3 Å². The SMILES string of the molecule is CC[C@@H](O)[C@H]1COC(C)(C)N1C(=O)OC(C)(C)C. The van der Waals surface area contributed by atoms with Crippen LogP contribution in [0.25, 0.3) is 0 Å². The van der Waals surface area contributed by atoms with Gasteiger partial charge in [-0.1, -0.05) is 6.92 Å². The van der Waals surface area contributed by atoms with Gasteiger partial charge in [-0.2, -0.15) is 0 Å². The van der Waals surface area contributed by atoms with Gasteiger partial charge in [0, 0.05) is 0 Å². The van der Waals surface area contributed by atoms with Crippen molar-refractivity contribution in [3.63, 3.8) is 0 Å². The summed E-state index contributed by atoms with van der Waals surface area (Å²) >= 11 is 0. The van der Waals surface area contributed by atoms with Crippen LogP contribution in [0.15, 0.2) is 0 Å². The average Bonchev–Trinajstić information content (AvgIpc) is 2.50. The molecule has 1 aliphatic heterocycles. The van der Waals surface area contributed by atoms with E-state index >= 15 is 0 Å². The van der Waals surface area contributed by atoms with E-state index in [0.717, 1.165) is 0 Å². The molecule has 1 amide bonds. The van der Waals surface area contributed by atoms with Crippen LogP contribution in [0.5, 0.6) is 0 Å². The summed E-state index contributed by atoms with van der Waals surface area (Å²) in [7, 11) is 0. The Morgan fingerprint density at radius 3 is 2.56 bits per heavy atom. The van der Waals surface area contributed by atoms with Gasteiger partial charge in [0.15, 0.2) is 0 Å². The third-order valence-electron chi connectivity index (χ3n) is 2.97. The Labute approximate surface area is 109 Å². The molecule has 0 aromatic carbocycles. The van der Waals surface area contributed by atoms with Crippen molar-refractivity contribution in [2.24, 2.45) is 0 Å². The van der Waals surface area contributed by atoms with E-state index in [0.29, 0.717) is 13.0 Å². The van der Waals surface area contributed by atoms with Crippen molar-refractivity contribution >= 4 is 6.09 Å². The fourth-order valence-electron chi connectivity index (χ4n) is 2.05. The highest BCUT2D eigenvalue weighted by Gasteiger charge is 2.47. The zero-order valence-corrected chi connectivity index (χ0v) is 12.2. The van der Waals surface area contributed by atoms with Gasteiger partial charge in [0.25, 0.3) is 0 Å². The van der Waals surface area contributed by atoms with Crippen LogP contribution >= 0.6 is 0 Å². The molecule has 1 saturated heterocycles. The van der Waals surface area contributed by atoms with Crippen molar-refractivity contribution in [1.29, 1.82) is 0 Å². The molecule has 1 rings (SSSR count). The molecule has 0 saturated carbocycles. The van der Waals surface area contributed by atoms with Crippen molar-refractivity contribution in [3.8, 4) is 0 Å². The summed E-state index contributed by atoms with van der Waals surface area (Å²) in [5.41, 5.74) is -1.30. The lowest BCUT2D eigenvalue weighted by Crippen LogP contribution is -2.53. The highest BCUT2D eigenvalue weighted by molar-refractivity contribution is 5.69. The third kappa shape index (κ3) is 3.36. The Kier molecular flexibility index (Phi) is 4.28. The number of aliphatic hydroxyl groups excluding tert-OH is 1. The molecule has 2 atom stereocenters. The van der Waals surface area contributed by atoms with Gasteiger partial charge in [-0.15, -0.1) is 0 Å². The molecular weight excluding hydrogens is 234 g/mol. The molecular formula is C13H25NO4. The van der Waals surface area contributed by atoms with E-state index in [1.54, 1.807) is 13.8 Å². The van der Waals surface area contributed by atoms with Crippen molar-refractivity contribution in [2.75, 3.05) is 6.61 Å². The maximum absolute atomic E-state index is 12.2. The second kappa shape index (κ2) is 5.05. The van der Waals surface area contributed by atoms with Crippen molar-refractivity contribution in [1.82, 2.24) is 4.90 Å². The summed E-state index contributed by atoms with van der Waals surface area (Å²) in [6, 6.07) is -0.347. The smallest absolute Gasteiger partial charge is 0.412 e. The Balaban J connectivity index is 2.88. The van der Waals surface area contributed by atoms with Crippen LogP contribution in [0.1, 0.15) is 48.0 Å². The number of hydrogen-bond donors (Lipinski definition) is 1. The van der Waals surface area contributed by atoms with E-state index in [1.165, 1.54) is 4.90 Å². The molecule has 0 bridgehead atoms. The van der Waals surface area contributed by atoms with Crippen LogP contribution < -0.4 is 0 Å². The van der Waals surface area contributed by atoms with Crippen LogP contribution in [-0.4, -0.2) is 46.2 Å². The number of aliphatic hydroxyl groups is 1. The lowest BCUT2D eigenvalue weighted by molar-refractivity contribution is -0.0678. The molecule has 0 radical (unpaired) electrons. The lowest BCUT2D eigenvalue weighted by Gasteiger charge is -2.36. The first-order valence-electron chi connectivity index (χ1n) is 6.43. The van der Waals surface area contributed by atoms with Crippen LogP contribution in [0.4, 0.5) is 4.79 Å². The van der Waals surface area contributed by atoms with Gasteiger partial charge in [0.2, 0.25) is 0 Å². The standard InChI is InChI=1S/C13H25NO4/c1-7-10(15)9-8-17-13(5,6)14(9)11(16)18-12(2,3)4/h9-10,15H,7-8H2,1-6H3/t9-,10-/m1/s1. The second-order valence-corrected chi connectivity index (χ2v) is 6.15. The topological polar surface area (TPSA) is 59.0 Å². The molecule has 5 heteroatoms. The highest BCUT2D eigenvalue weighted by atomic mass is 16.6. The molecule has 1 N–H and O–H groups in total. The Morgan fingerprint density at radius 2 is 2.11 bits per heavy atom. The Morgan fingerprint density at radius 1 is 1.56 bits per heavy atom. The summed E-state index contributed by atoms with van der Waals surface area (Å²) < 4.78 is 11.0. The molecule has 0 aromatic rings. The molecule has 0 spiro atoms. The van der Waals surface area contributed by atoms with E-state index in [2.05, 4.69) is 0 Å². The molecule has 1 fully saturated rings. The minimum Gasteiger partial charge on any atom is -0.444 e. The van der Waals surface area contributed by atoms with E-state index < -0.39 is 23.5 Å². The van der Waals surface area contributed by atoms with Gasteiger partial charge in [0.05, 0.1) is 18.8 Å². The van der Waals surface area contributed by atoms with Crippen LogP contribution in [0.3, 0.4) is 0 Å². The Hall–Kier alpha value is -0.810. The first-order chi connectivity index (χ1) is 8.08. The quantitative estimate of drug-likeness (QED) is 0.825. The van der Waals surface area contributed by atoms with Gasteiger partial charge >= 0.3 is 6.09 Å². The molecule has 0 aliphatic carbocycles. The van der Waals surface area contributed by atoms with Gasteiger partial charge < -0.3 is 14.6 Å². The van der Waals surface area contributed by atoms with Crippen molar-refractivity contribution in [2.45, 2.75) is 71.4 Å². The number of hydrogen-bond acceptors (Lipinski definition) is 4.